The van der Waals surface area contributed by atoms with E-state index in [0.717, 1.165) is 0 Å². The minimum absolute atomic E-state index is 0.0116. The highest BCUT2D eigenvalue weighted by Gasteiger charge is 2.38. The van der Waals surface area contributed by atoms with Crippen molar-refractivity contribution in [3.63, 3.8) is 0 Å². The molecule has 1 amide bonds. The monoisotopic (exact) mass is 171 g/mol. The van der Waals surface area contributed by atoms with Crippen LogP contribution in [0.5, 0.6) is 0 Å². The Labute approximate surface area is 71.6 Å². The quantitative estimate of drug-likeness (QED) is 0.603. The first-order chi connectivity index (χ1) is 5.42. The second kappa shape index (κ2) is 2.77. The van der Waals surface area contributed by atoms with Gasteiger partial charge in [0.25, 0.3) is 0 Å². The molecular formula is C8H13NO3. The molecule has 0 bridgehead atoms. The normalized spacial score (nSPS) is 20.8. The third-order valence-electron chi connectivity index (χ3n) is 1.40. The van der Waals surface area contributed by atoms with Gasteiger partial charge in [-0.2, -0.15) is 0 Å². The first-order valence-corrected chi connectivity index (χ1v) is 3.90. The summed E-state index contributed by atoms with van der Waals surface area (Å²) in [6.45, 7) is 7.25. The van der Waals surface area contributed by atoms with E-state index < -0.39 is 11.7 Å². The summed E-state index contributed by atoms with van der Waals surface area (Å²) in [7, 11) is 0. The Balaban J connectivity index is 2.74. The van der Waals surface area contributed by atoms with Gasteiger partial charge in [0.2, 0.25) is 5.90 Å². The van der Waals surface area contributed by atoms with Gasteiger partial charge in [-0.25, -0.2) is 4.79 Å². The molecular weight excluding hydrogens is 158 g/mol. The van der Waals surface area contributed by atoms with Gasteiger partial charge in [0.15, 0.2) is 5.60 Å². The van der Waals surface area contributed by atoms with Gasteiger partial charge in [-0.15, -0.1) is 4.99 Å². The third-order valence-corrected chi connectivity index (χ3v) is 1.40. The van der Waals surface area contributed by atoms with E-state index in [1.165, 1.54) is 0 Å². The molecule has 0 saturated carbocycles. The molecule has 0 atom stereocenters. The van der Waals surface area contributed by atoms with E-state index in [1.807, 2.05) is 13.8 Å². The van der Waals surface area contributed by atoms with Gasteiger partial charge < -0.3 is 9.47 Å². The summed E-state index contributed by atoms with van der Waals surface area (Å²) in [5, 5.41) is 0. The molecule has 1 aliphatic rings. The molecule has 1 rings (SSSR count). The molecule has 0 saturated heterocycles. The van der Waals surface area contributed by atoms with Gasteiger partial charge in [-0.1, -0.05) is 0 Å². The fraction of sp³-hybridized carbons (Fsp3) is 0.750. The zero-order valence-corrected chi connectivity index (χ0v) is 7.75. The van der Waals surface area contributed by atoms with Gasteiger partial charge in [0, 0.05) is 0 Å². The van der Waals surface area contributed by atoms with Crippen LogP contribution in [-0.4, -0.2) is 23.7 Å². The fourth-order valence-electron chi connectivity index (χ4n) is 0.894. The number of ether oxygens (including phenoxy) is 2. The molecule has 1 aliphatic heterocycles. The highest BCUT2D eigenvalue weighted by Crippen LogP contribution is 2.21. The second-order valence-corrected chi connectivity index (χ2v) is 3.46. The van der Waals surface area contributed by atoms with Crippen molar-refractivity contribution in [2.75, 3.05) is 0 Å². The highest BCUT2D eigenvalue weighted by atomic mass is 16.6. The molecule has 0 fully saturated rings. The van der Waals surface area contributed by atoms with Crippen molar-refractivity contribution >= 4 is 12.0 Å². The van der Waals surface area contributed by atoms with Crippen LogP contribution >= 0.6 is 0 Å². The number of aliphatic imine (C=N–C) groups is 1. The molecule has 0 aromatic carbocycles. The van der Waals surface area contributed by atoms with Crippen LogP contribution in [0, 0.1) is 0 Å². The summed E-state index contributed by atoms with van der Waals surface area (Å²) in [5.74, 6) is 0.363. The minimum atomic E-state index is -0.707. The molecule has 0 radical (unpaired) electrons. The Morgan fingerprint density at radius 1 is 1.50 bits per heavy atom. The largest absolute Gasteiger partial charge is 0.475 e. The highest BCUT2D eigenvalue weighted by molar-refractivity contribution is 5.98. The maximum atomic E-state index is 10.8. The lowest BCUT2D eigenvalue weighted by atomic mass is 10.1. The van der Waals surface area contributed by atoms with Crippen molar-refractivity contribution in [1.29, 1.82) is 0 Å². The van der Waals surface area contributed by atoms with Crippen molar-refractivity contribution in [2.24, 2.45) is 4.99 Å². The molecule has 0 spiro atoms. The topological polar surface area (TPSA) is 47.9 Å². The summed E-state index contributed by atoms with van der Waals surface area (Å²) in [4.78, 5) is 14.4. The van der Waals surface area contributed by atoms with Crippen LogP contribution in [-0.2, 0) is 9.47 Å². The Morgan fingerprint density at radius 3 is 2.42 bits per heavy atom. The van der Waals surface area contributed by atoms with Crippen LogP contribution in [0.25, 0.3) is 0 Å². The number of hydrogen-bond acceptors (Lipinski definition) is 3. The number of carbonyl (C=O) groups is 1. The van der Waals surface area contributed by atoms with E-state index in [4.69, 9.17) is 9.47 Å². The van der Waals surface area contributed by atoms with Crippen LogP contribution in [0.3, 0.4) is 0 Å². The first-order valence-electron chi connectivity index (χ1n) is 3.90. The fourth-order valence-corrected chi connectivity index (χ4v) is 0.894. The number of carbonyl (C=O) groups excluding carboxylic acids is 1. The van der Waals surface area contributed by atoms with Crippen LogP contribution in [0.4, 0.5) is 4.79 Å². The molecule has 4 nitrogen and oxygen atoms in total. The molecule has 0 unspecified atom stereocenters. The molecule has 0 aromatic heterocycles. The number of nitrogens with zero attached hydrogens (tertiary/aromatic N) is 1. The SMILES string of the molecule is CC(C)OC1=NC(=O)OC1(C)C. The molecule has 1 heterocycles. The van der Waals surface area contributed by atoms with E-state index in [-0.39, 0.29) is 6.10 Å². The van der Waals surface area contributed by atoms with Gasteiger partial charge >= 0.3 is 6.09 Å². The van der Waals surface area contributed by atoms with Gasteiger partial charge in [-0.3, -0.25) is 0 Å². The van der Waals surface area contributed by atoms with Crippen LogP contribution < -0.4 is 0 Å². The number of amides is 1. The van der Waals surface area contributed by atoms with E-state index in [9.17, 15) is 4.79 Å². The molecule has 68 valence electrons. The lowest BCUT2D eigenvalue weighted by Gasteiger charge is -2.20. The zero-order chi connectivity index (χ0) is 9.35. The van der Waals surface area contributed by atoms with E-state index >= 15 is 0 Å². The lowest BCUT2D eigenvalue weighted by molar-refractivity contribution is 0.0846. The smallest absolute Gasteiger partial charge is 0.437 e. The second-order valence-electron chi connectivity index (χ2n) is 3.46. The summed E-state index contributed by atoms with van der Waals surface area (Å²) in [5.41, 5.74) is -0.707. The van der Waals surface area contributed by atoms with E-state index in [1.54, 1.807) is 13.8 Å². The molecule has 4 heteroatoms. The van der Waals surface area contributed by atoms with E-state index in [2.05, 4.69) is 4.99 Å². The van der Waals surface area contributed by atoms with Gasteiger partial charge in [0.05, 0.1) is 6.10 Å². The number of cyclic esters (lactones) is 1. The standard InChI is InChI=1S/C8H13NO3/c1-5(2)11-6-8(3,4)12-7(10)9-6/h5H,1-4H3. The Morgan fingerprint density at radius 2 is 2.08 bits per heavy atom. The van der Waals surface area contributed by atoms with Crippen molar-refractivity contribution in [3.8, 4) is 0 Å². The number of hydrogen-bond donors (Lipinski definition) is 0. The summed E-state index contributed by atoms with van der Waals surface area (Å²) in [6.07, 6.45) is -0.562. The Hall–Kier alpha value is -1.06. The maximum Gasteiger partial charge on any atom is 0.437 e. The van der Waals surface area contributed by atoms with Crippen molar-refractivity contribution in [2.45, 2.75) is 39.4 Å². The zero-order valence-electron chi connectivity index (χ0n) is 7.75. The molecule has 0 N–H and O–H groups in total. The maximum absolute atomic E-state index is 10.8. The third kappa shape index (κ3) is 1.75. The van der Waals surface area contributed by atoms with Gasteiger partial charge in [-0.05, 0) is 27.7 Å². The molecule has 0 aliphatic carbocycles. The number of rotatable bonds is 1. The predicted octanol–water partition coefficient (Wildman–Crippen LogP) is 1.74. The van der Waals surface area contributed by atoms with Gasteiger partial charge in [0.1, 0.15) is 0 Å². The average Bonchev–Trinajstić information content (AvgIpc) is 2.04. The summed E-state index contributed by atoms with van der Waals surface area (Å²) >= 11 is 0. The summed E-state index contributed by atoms with van der Waals surface area (Å²) < 4.78 is 10.2. The Bertz CT molecular complexity index is 230. The van der Waals surface area contributed by atoms with Crippen molar-refractivity contribution in [1.82, 2.24) is 0 Å². The molecule has 0 aromatic rings. The minimum Gasteiger partial charge on any atom is -0.475 e. The van der Waals surface area contributed by atoms with Crippen molar-refractivity contribution in [3.05, 3.63) is 0 Å². The van der Waals surface area contributed by atoms with Crippen LogP contribution in [0.15, 0.2) is 4.99 Å². The average molecular weight is 171 g/mol. The van der Waals surface area contributed by atoms with Crippen LogP contribution in [0.2, 0.25) is 0 Å². The van der Waals surface area contributed by atoms with Crippen LogP contribution in [0.1, 0.15) is 27.7 Å². The first kappa shape index (κ1) is 9.03. The molecule has 12 heavy (non-hydrogen) atoms. The van der Waals surface area contributed by atoms with Crippen molar-refractivity contribution < 1.29 is 14.3 Å². The predicted molar refractivity (Wildman–Crippen MR) is 44.2 cm³/mol. The Kier molecular flexibility index (Phi) is 2.08. The summed E-state index contributed by atoms with van der Waals surface area (Å²) in [6, 6.07) is 0. The van der Waals surface area contributed by atoms with E-state index in [0.29, 0.717) is 5.90 Å². The lowest BCUT2D eigenvalue weighted by Crippen LogP contribution is -2.33.